The summed E-state index contributed by atoms with van der Waals surface area (Å²) in [5.74, 6) is 2.61. The Balaban J connectivity index is 0.000000167. The highest BCUT2D eigenvalue weighted by Gasteiger charge is 2.24. The number of nitro groups is 2. The van der Waals surface area contributed by atoms with Crippen LogP contribution >= 0.6 is 0 Å². The molecule has 0 radical (unpaired) electrons. The van der Waals surface area contributed by atoms with Crippen molar-refractivity contribution in [3.8, 4) is 34.8 Å². The summed E-state index contributed by atoms with van der Waals surface area (Å²) < 4.78 is 50.2. The van der Waals surface area contributed by atoms with Gasteiger partial charge in [-0.3, -0.25) is 20.2 Å². The minimum absolute atomic E-state index is 0.0930. The normalized spacial score (nSPS) is 15.5. The van der Waals surface area contributed by atoms with E-state index in [0.717, 1.165) is 71.8 Å². The van der Waals surface area contributed by atoms with Crippen LogP contribution in [0.3, 0.4) is 0 Å². The molecular formula is C40H30F2N4O8. The summed E-state index contributed by atoms with van der Waals surface area (Å²) in [5.41, 5.74) is 3.42. The van der Waals surface area contributed by atoms with Gasteiger partial charge in [0.2, 0.25) is 11.8 Å². The first-order valence-corrected chi connectivity index (χ1v) is 16.8. The molecule has 4 aromatic carbocycles. The minimum Gasteiger partial charge on any atom is -0.485 e. The van der Waals surface area contributed by atoms with Gasteiger partial charge in [0, 0.05) is 24.3 Å². The first-order valence-electron chi connectivity index (χ1n) is 16.8. The van der Waals surface area contributed by atoms with Crippen molar-refractivity contribution in [2.45, 2.75) is 37.9 Å². The van der Waals surface area contributed by atoms with Crippen molar-refractivity contribution in [2.24, 2.45) is 0 Å². The molecule has 0 fully saturated rings. The number of rotatable bonds is 8. The second-order valence-corrected chi connectivity index (χ2v) is 12.4. The fourth-order valence-corrected chi connectivity index (χ4v) is 6.06. The number of hydrogen-bond acceptors (Lipinski definition) is 10. The number of nitrogens with zero attached hydrogens (tertiary/aromatic N) is 4. The predicted octanol–water partition coefficient (Wildman–Crippen LogP) is 9.97. The number of benzene rings is 4. The van der Waals surface area contributed by atoms with Crippen LogP contribution < -0.4 is 18.9 Å². The summed E-state index contributed by atoms with van der Waals surface area (Å²) in [6.07, 6.45) is 4.93. The van der Waals surface area contributed by atoms with Crippen LogP contribution in [0.4, 0.5) is 20.2 Å². The lowest BCUT2D eigenvalue weighted by molar-refractivity contribution is -0.385. The third-order valence-corrected chi connectivity index (χ3v) is 8.70. The molecule has 2 aromatic heterocycles. The number of ether oxygens (including phenoxy) is 4. The molecule has 2 unspecified atom stereocenters. The van der Waals surface area contributed by atoms with Crippen LogP contribution in [0.15, 0.2) is 122 Å². The van der Waals surface area contributed by atoms with Crippen molar-refractivity contribution in [3.63, 3.8) is 0 Å². The second kappa shape index (κ2) is 15.7. The number of hydrogen-bond donors (Lipinski definition) is 0. The minimum atomic E-state index is -0.512. The third kappa shape index (κ3) is 8.56. The van der Waals surface area contributed by atoms with E-state index in [1.165, 1.54) is 48.5 Å². The molecule has 0 spiro atoms. The lowest BCUT2D eigenvalue weighted by Gasteiger charge is -2.26. The summed E-state index contributed by atoms with van der Waals surface area (Å²) in [6, 6.07) is 29.3. The SMILES string of the molecule is O=[N+]([O-])c1ccc(Oc2ccc3c(c2)CCC(c2cccc(F)c2)O3)nc1.O=[N+]([O-])c1ccc(Oc2ccc3c(c2)CCC(c2cccc(F)c2)O3)nc1. The zero-order valence-corrected chi connectivity index (χ0v) is 28.3. The first kappa shape index (κ1) is 35.4. The van der Waals surface area contributed by atoms with E-state index < -0.39 is 9.85 Å². The Kier molecular flexibility index (Phi) is 10.3. The molecule has 0 amide bonds. The van der Waals surface area contributed by atoms with Crippen molar-refractivity contribution in [3.05, 3.63) is 176 Å². The predicted molar refractivity (Wildman–Crippen MR) is 191 cm³/mol. The Hall–Kier alpha value is -6.96. The molecule has 8 rings (SSSR count). The van der Waals surface area contributed by atoms with Crippen molar-refractivity contribution >= 4 is 11.4 Å². The standard InChI is InChI=1S/2C20H15FN2O4/c2*21-15-3-1-2-13(10-15)18-7-4-14-11-17(6-8-19(14)27-18)26-20-9-5-16(12-22-20)23(24)25/h2*1-3,5-6,8-12,18H,4,7H2. The fraction of sp³-hybridized carbons (Fsp3) is 0.150. The molecule has 0 bridgehead atoms. The van der Waals surface area contributed by atoms with Gasteiger partial charge in [-0.15, -0.1) is 0 Å². The second-order valence-electron chi connectivity index (χ2n) is 12.4. The Morgan fingerprint density at radius 3 is 1.41 bits per heavy atom. The van der Waals surface area contributed by atoms with Gasteiger partial charge in [-0.2, -0.15) is 0 Å². The van der Waals surface area contributed by atoms with E-state index in [2.05, 4.69) is 9.97 Å². The molecule has 0 N–H and O–H groups in total. The average Bonchev–Trinajstić information content (AvgIpc) is 3.18. The molecule has 4 heterocycles. The number of aromatic nitrogens is 2. The molecule has 54 heavy (non-hydrogen) atoms. The van der Waals surface area contributed by atoms with Crippen LogP contribution in [-0.2, 0) is 12.8 Å². The van der Waals surface area contributed by atoms with Gasteiger partial charge < -0.3 is 18.9 Å². The van der Waals surface area contributed by atoms with E-state index in [9.17, 15) is 29.0 Å². The third-order valence-electron chi connectivity index (χ3n) is 8.70. The molecule has 2 aliphatic heterocycles. The molecule has 0 saturated heterocycles. The number of halogens is 2. The summed E-state index contributed by atoms with van der Waals surface area (Å²) in [5, 5.41) is 21.3. The summed E-state index contributed by atoms with van der Waals surface area (Å²) in [6.45, 7) is 0. The van der Waals surface area contributed by atoms with Crippen LogP contribution in [0.25, 0.3) is 0 Å². The summed E-state index contributed by atoms with van der Waals surface area (Å²) in [4.78, 5) is 28.2. The van der Waals surface area contributed by atoms with Crippen LogP contribution in [0.1, 0.15) is 47.3 Å². The quantitative estimate of drug-likeness (QED) is 0.109. The van der Waals surface area contributed by atoms with Crippen molar-refractivity contribution in [2.75, 3.05) is 0 Å². The van der Waals surface area contributed by atoms with Gasteiger partial charge in [0.1, 0.15) is 59.2 Å². The van der Waals surface area contributed by atoms with Gasteiger partial charge in [0.25, 0.3) is 11.4 Å². The highest BCUT2D eigenvalue weighted by Crippen LogP contribution is 2.39. The summed E-state index contributed by atoms with van der Waals surface area (Å²) >= 11 is 0. The molecule has 0 saturated carbocycles. The largest absolute Gasteiger partial charge is 0.485 e. The van der Waals surface area contributed by atoms with Gasteiger partial charge >= 0.3 is 0 Å². The number of fused-ring (bicyclic) bond motifs is 2. The molecular weight excluding hydrogens is 702 g/mol. The smallest absolute Gasteiger partial charge is 0.287 e. The van der Waals surface area contributed by atoms with E-state index >= 15 is 0 Å². The Bertz CT molecular complexity index is 2150. The molecule has 6 aromatic rings. The van der Waals surface area contributed by atoms with Gasteiger partial charge in [-0.05, 0) is 109 Å². The molecule has 2 atom stereocenters. The van der Waals surface area contributed by atoms with Crippen LogP contribution in [0.2, 0.25) is 0 Å². The molecule has 12 nitrogen and oxygen atoms in total. The Morgan fingerprint density at radius 2 is 1.04 bits per heavy atom. The number of pyridine rings is 2. The van der Waals surface area contributed by atoms with Gasteiger partial charge in [-0.25, -0.2) is 18.7 Å². The maximum Gasteiger partial charge on any atom is 0.287 e. The van der Waals surface area contributed by atoms with E-state index in [0.29, 0.717) is 11.5 Å². The van der Waals surface area contributed by atoms with Crippen molar-refractivity contribution in [1.82, 2.24) is 9.97 Å². The van der Waals surface area contributed by atoms with E-state index in [1.54, 1.807) is 24.3 Å². The highest BCUT2D eigenvalue weighted by atomic mass is 19.1. The molecule has 0 aliphatic carbocycles. The maximum absolute atomic E-state index is 13.4. The highest BCUT2D eigenvalue weighted by molar-refractivity contribution is 5.45. The lowest BCUT2D eigenvalue weighted by Crippen LogP contribution is -2.15. The Morgan fingerprint density at radius 1 is 0.593 bits per heavy atom. The van der Waals surface area contributed by atoms with E-state index in [1.807, 2.05) is 36.4 Å². The van der Waals surface area contributed by atoms with E-state index in [4.69, 9.17) is 18.9 Å². The Labute approximate surface area is 306 Å². The van der Waals surface area contributed by atoms with Gasteiger partial charge in [-0.1, -0.05) is 24.3 Å². The van der Waals surface area contributed by atoms with Crippen molar-refractivity contribution in [1.29, 1.82) is 0 Å². The maximum atomic E-state index is 13.4. The molecule has 2 aliphatic rings. The molecule has 272 valence electrons. The first-order chi connectivity index (χ1) is 26.2. The van der Waals surface area contributed by atoms with Gasteiger partial charge in [0.15, 0.2) is 0 Å². The van der Waals surface area contributed by atoms with Crippen LogP contribution in [0, 0.1) is 31.9 Å². The van der Waals surface area contributed by atoms with Crippen molar-refractivity contribution < 1.29 is 37.6 Å². The van der Waals surface area contributed by atoms with Crippen LogP contribution in [-0.4, -0.2) is 19.8 Å². The monoisotopic (exact) mass is 732 g/mol. The molecule has 14 heteroatoms. The zero-order valence-electron chi connectivity index (χ0n) is 28.3. The fourth-order valence-electron chi connectivity index (χ4n) is 6.06. The number of aryl methyl sites for hydroxylation is 2. The van der Waals surface area contributed by atoms with Gasteiger partial charge in [0.05, 0.1) is 9.85 Å². The summed E-state index contributed by atoms with van der Waals surface area (Å²) in [7, 11) is 0. The average molecular weight is 733 g/mol. The topological polar surface area (TPSA) is 149 Å². The lowest BCUT2D eigenvalue weighted by atomic mass is 9.97. The van der Waals surface area contributed by atoms with E-state index in [-0.39, 0.29) is 47.0 Å². The van der Waals surface area contributed by atoms with Crippen LogP contribution in [0.5, 0.6) is 34.8 Å². The zero-order chi connectivity index (χ0) is 37.6.